The molecule has 2 aromatic heterocycles. The first-order valence-electron chi connectivity index (χ1n) is 4.04. The molecule has 0 unspecified atom stereocenters. The highest BCUT2D eigenvalue weighted by molar-refractivity contribution is 5.71. The summed E-state index contributed by atoms with van der Waals surface area (Å²) in [6.07, 6.45) is 1.65. The normalized spacial score (nSPS) is 9.25. The van der Waals surface area contributed by atoms with Gasteiger partial charge in [0.2, 0.25) is 0 Å². The van der Waals surface area contributed by atoms with E-state index < -0.39 is 0 Å². The van der Waals surface area contributed by atoms with Gasteiger partial charge in [-0.3, -0.25) is 0 Å². The molecule has 2 heterocycles. The maximum atomic E-state index is 4.84. The van der Waals surface area contributed by atoms with Crippen LogP contribution in [0.25, 0.3) is 11.1 Å². The van der Waals surface area contributed by atoms with E-state index in [0.717, 1.165) is 11.1 Å². The third-order valence-electron chi connectivity index (χ3n) is 1.36. The molecule has 2 aromatic rings. The van der Waals surface area contributed by atoms with Gasteiger partial charge in [0.15, 0.2) is 0 Å². The van der Waals surface area contributed by atoms with E-state index in [0.29, 0.717) is 5.71 Å². The Balaban J connectivity index is 0.000000336. The summed E-state index contributed by atoms with van der Waals surface area (Å²) in [5.41, 5.74) is 1.56. The van der Waals surface area contributed by atoms with E-state index in [1.807, 2.05) is 32.9 Å². The van der Waals surface area contributed by atoms with Gasteiger partial charge in [0, 0.05) is 5.69 Å². The van der Waals surface area contributed by atoms with Crippen LogP contribution in [0.1, 0.15) is 19.5 Å². The standard InChI is InChI=1S/C7H6N2O.C2H6/c1-5-2-3-6-4-8-10-7(6)9-5;1-2/h2-4H,1H3;1-2H3. The van der Waals surface area contributed by atoms with Crippen molar-refractivity contribution >= 4 is 11.1 Å². The monoisotopic (exact) mass is 164 g/mol. The molecule has 0 saturated heterocycles. The SMILES string of the molecule is CC.Cc1ccc2cnoc2n1. The van der Waals surface area contributed by atoms with Crippen molar-refractivity contribution in [3.8, 4) is 0 Å². The van der Waals surface area contributed by atoms with Gasteiger partial charge >= 0.3 is 0 Å². The first kappa shape index (κ1) is 8.71. The van der Waals surface area contributed by atoms with Crippen LogP contribution in [0.5, 0.6) is 0 Å². The highest BCUT2D eigenvalue weighted by atomic mass is 16.5. The van der Waals surface area contributed by atoms with E-state index >= 15 is 0 Å². The van der Waals surface area contributed by atoms with Crippen molar-refractivity contribution in [1.29, 1.82) is 0 Å². The van der Waals surface area contributed by atoms with Crippen LogP contribution in [0.4, 0.5) is 0 Å². The number of rotatable bonds is 0. The summed E-state index contributed by atoms with van der Waals surface area (Å²) in [6, 6.07) is 3.87. The second-order valence-electron chi connectivity index (χ2n) is 2.17. The number of aromatic nitrogens is 2. The molecule has 0 spiro atoms. The summed E-state index contributed by atoms with van der Waals surface area (Å²) in [7, 11) is 0. The lowest BCUT2D eigenvalue weighted by atomic mass is 10.3. The smallest absolute Gasteiger partial charge is 0.257 e. The molecule has 2 rings (SSSR count). The van der Waals surface area contributed by atoms with Gasteiger partial charge in [-0.05, 0) is 19.1 Å². The number of nitrogens with zero attached hydrogens (tertiary/aromatic N) is 2. The summed E-state index contributed by atoms with van der Waals surface area (Å²) in [4.78, 5) is 4.11. The van der Waals surface area contributed by atoms with Crippen molar-refractivity contribution in [2.24, 2.45) is 0 Å². The van der Waals surface area contributed by atoms with E-state index in [4.69, 9.17) is 4.52 Å². The Hall–Kier alpha value is -1.38. The summed E-state index contributed by atoms with van der Waals surface area (Å²) in [6.45, 7) is 5.92. The fourth-order valence-electron chi connectivity index (χ4n) is 0.848. The summed E-state index contributed by atoms with van der Waals surface area (Å²) < 4.78 is 4.84. The van der Waals surface area contributed by atoms with Crippen LogP contribution >= 0.6 is 0 Å². The lowest BCUT2D eigenvalue weighted by Gasteiger charge is -1.86. The van der Waals surface area contributed by atoms with E-state index in [2.05, 4.69) is 10.1 Å². The predicted molar refractivity (Wildman–Crippen MR) is 47.9 cm³/mol. The Morgan fingerprint density at radius 2 is 2.00 bits per heavy atom. The molecule has 0 bridgehead atoms. The fraction of sp³-hybridized carbons (Fsp3) is 0.333. The summed E-state index contributed by atoms with van der Waals surface area (Å²) >= 11 is 0. The Morgan fingerprint density at radius 1 is 1.25 bits per heavy atom. The average molecular weight is 164 g/mol. The van der Waals surface area contributed by atoms with E-state index in [1.54, 1.807) is 6.20 Å². The molecule has 0 fully saturated rings. The predicted octanol–water partition coefficient (Wildman–Crippen LogP) is 2.56. The van der Waals surface area contributed by atoms with Gasteiger partial charge in [-0.25, -0.2) is 4.98 Å². The molecular formula is C9H12N2O. The molecule has 0 N–H and O–H groups in total. The molecule has 0 aliphatic rings. The Morgan fingerprint density at radius 3 is 2.75 bits per heavy atom. The topological polar surface area (TPSA) is 38.9 Å². The van der Waals surface area contributed by atoms with Crippen LogP contribution in [0.15, 0.2) is 22.9 Å². The van der Waals surface area contributed by atoms with E-state index in [-0.39, 0.29) is 0 Å². The minimum Gasteiger partial charge on any atom is -0.336 e. The van der Waals surface area contributed by atoms with Crippen molar-refractivity contribution < 1.29 is 4.52 Å². The van der Waals surface area contributed by atoms with Gasteiger partial charge in [0.05, 0.1) is 11.6 Å². The highest BCUT2D eigenvalue weighted by Gasteiger charge is 1.96. The molecule has 0 radical (unpaired) electrons. The molecular weight excluding hydrogens is 152 g/mol. The zero-order valence-corrected chi connectivity index (χ0v) is 7.53. The van der Waals surface area contributed by atoms with Crippen molar-refractivity contribution in [3.63, 3.8) is 0 Å². The molecule has 64 valence electrons. The molecule has 0 aliphatic carbocycles. The zero-order valence-electron chi connectivity index (χ0n) is 7.53. The van der Waals surface area contributed by atoms with Crippen LogP contribution in [-0.4, -0.2) is 10.1 Å². The third kappa shape index (κ3) is 1.61. The number of pyridine rings is 1. The van der Waals surface area contributed by atoms with Crippen molar-refractivity contribution in [2.75, 3.05) is 0 Å². The van der Waals surface area contributed by atoms with Crippen LogP contribution in [0.3, 0.4) is 0 Å². The van der Waals surface area contributed by atoms with Gasteiger partial charge in [0.1, 0.15) is 0 Å². The van der Waals surface area contributed by atoms with Crippen molar-refractivity contribution in [1.82, 2.24) is 10.1 Å². The maximum absolute atomic E-state index is 4.84. The lowest BCUT2D eigenvalue weighted by molar-refractivity contribution is 0.448. The molecule has 3 nitrogen and oxygen atoms in total. The Bertz CT molecular complexity index is 354. The molecule has 0 aromatic carbocycles. The average Bonchev–Trinajstić information content (AvgIpc) is 2.54. The summed E-state index contributed by atoms with van der Waals surface area (Å²) in [5.74, 6) is 0. The molecule has 0 saturated carbocycles. The minimum absolute atomic E-state index is 0.611. The van der Waals surface area contributed by atoms with Crippen LogP contribution in [-0.2, 0) is 0 Å². The first-order valence-corrected chi connectivity index (χ1v) is 4.04. The largest absolute Gasteiger partial charge is 0.336 e. The van der Waals surface area contributed by atoms with Gasteiger partial charge in [0.25, 0.3) is 5.71 Å². The molecule has 0 aliphatic heterocycles. The number of hydrogen-bond acceptors (Lipinski definition) is 3. The fourth-order valence-corrected chi connectivity index (χ4v) is 0.848. The molecule has 0 atom stereocenters. The lowest BCUT2D eigenvalue weighted by Crippen LogP contribution is -1.77. The maximum Gasteiger partial charge on any atom is 0.257 e. The number of hydrogen-bond donors (Lipinski definition) is 0. The van der Waals surface area contributed by atoms with Crippen molar-refractivity contribution in [2.45, 2.75) is 20.8 Å². The quantitative estimate of drug-likeness (QED) is 0.600. The number of aryl methyl sites for hydroxylation is 1. The molecule has 0 amide bonds. The third-order valence-corrected chi connectivity index (χ3v) is 1.36. The molecule has 12 heavy (non-hydrogen) atoms. The van der Waals surface area contributed by atoms with Gasteiger partial charge in [-0.1, -0.05) is 19.0 Å². The number of fused-ring (bicyclic) bond motifs is 1. The zero-order chi connectivity index (χ0) is 8.97. The van der Waals surface area contributed by atoms with E-state index in [9.17, 15) is 0 Å². The Kier molecular flexibility index (Phi) is 2.80. The summed E-state index contributed by atoms with van der Waals surface area (Å²) in [5, 5.41) is 4.55. The Labute approximate surface area is 71.4 Å². The first-order chi connectivity index (χ1) is 5.86. The minimum atomic E-state index is 0.611. The van der Waals surface area contributed by atoms with Gasteiger partial charge in [-0.2, -0.15) is 0 Å². The molecule has 3 heteroatoms. The van der Waals surface area contributed by atoms with Crippen LogP contribution < -0.4 is 0 Å². The second-order valence-corrected chi connectivity index (χ2v) is 2.17. The van der Waals surface area contributed by atoms with E-state index in [1.165, 1.54) is 0 Å². The highest BCUT2D eigenvalue weighted by Crippen LogP contribution is 2.09. The van der Waals surface area contributed by atoms with Crippen molar-refractivity contribution in [3.05, 3.63) is 24.0 Å². The van der Waals surface area contributed by atoms with Crippen LogP contribution in [0.2, 0.25) is 0 Å². The van der Waals surface area contributed by atoms with Gasteiger partial charge in [-0.15, -0.1) is 0 Å². The van der Waals surface area contributed by atoms with Crippen LogP contribution in [0, 0.1) is 6.92 Å². The van der Waals surface area contributed by atoms with Gasteiger partial charge < -0.3 is 4.52 Å². The second kappa shape index (κ2) is 3.85.